The molecule has 13 heavy (non-hydrogen) atoms. The summed E-state index contributed by atoms with van der Waals surface area (Å²) < 4.78 is 10.7. The second-order valence-electron chi connectivity index (χ2n) is 3.67. The lowest BCUT2D eigenvalue weighted by Gasteiger charge is -2.14. The summed E-state index contributed by atoms with van der Waals surface area (Å²) in [6.07, 6.45) is 0. The van der Waals surface area contributed by atoms with Gasteiger partial charge in [0.25, 0.3) is 0 Å². The highest BCUT2D eigenvalue weighted by atomic mass is 16.6. The maximum atomic E-state index is 5.43. The quantitative estimate of drug-likeness (QED) is 0.648. The molecule has 1 saturated heterocycles. The van der Waals surface area contributed by atoms with Crippen molar-refractivity contribution >= 4 is 0 Å². The Labute approximate surface area is 78.5 Å². The van der Waals surface area contributed by atoms with Crippen LogP contribution in [0.15, 0.2) is 18.2 Å². The molecular weight excluding hydrogens is 164 g/mol. The predicted octanol–water partition coefficient (Wildman–Crippen LogP) is 2.25. The smallest absolute Gasteiger partial charge is 0.125 e. The first-order chi connectivity index (χ1) is 6.17. The fourth-order valence-electron chi connectivity index (χ4n) is 1.74. The zero-order valence-electron chi connectivity index (χ0n) is 8.26. The number of benzene rings is 1. The first-order valence-corrected chi connectivity index (χ1v) is 4.45. The van der Waals surface area contributed by atoms with Crippen molar-refractivity contribution in [3.05, 3.63) is 29.3 Å². The van der Waals surface area contributed by atoms with Gasteiger partial charge < -0.3 is 9.47 Å². The Bertz CT molecular complexity index is 327. The number of epoxide rings is 1. The Hall–Kier alpha value is -1.02. The summed E-state index contributed by atoms with van der Waals surface area (Å²) in [6, 6.07) is 6.07. The van der Waals surface area contributed by atoms with E-state index in [2.05, 4.69) is 19.9 Å². The zero-order chi connectivity index (χ0) is 9.47. The molecule has 2 rings (SSSR count). The molecule has 1 heterocycles. The third-order valence-corrected chi connectivity index (χ3v) is 2.56. The largest absolute Gasteiger partial charge is 0.496 e. The van der Waals surface area contributed by atoms with Gasteiger partial charge in [-0.25, -0.2) is 0 Å². The Balaban J connectivity index is 2.52. The van der Waals surface area contributed by atoms with Gasteiger partial charge in [0.2, 0.25) is 0 Å². The average Bonchev–Trinajstić information content (AvgIpc) is 2.84. The topological polar surface area (TPSA) is 21.8 Å². The number of aryl methyl sites for hydroxylation is 1. The van der Waals surface area contributed by atoms with E-state index < -0.39 is 0 Å². The van der Waals surface area contributed by atoms with E-state index in [0.29, 0.717) is 0 Å². The van der Waals surface area contributed by atoms with Gasteiger partial charge in [0.05, 0.1) is 13.7 Å². The van der Waals surface area contributed by atoms with Crippen LogP contribution in [-0.4, -0.2) is 13.7 Å². The predicted molar refractivity (Wildman–Crippen MR) is 51.0 cm³/mol. The maximum Gasteiger partial charge on any atom is 0.125 e. The summed E-state index contributed by atoms with van der Waals surface area (Å²) in [5, 5.41) is 0. The summed E-state index contributed by atoms with van der Waals surface area (Å²) in [5.74, 6) is 0.931. The van der Waals surface area contributed by atoms with Gasteiger partial charge in [-0.05, 0) is 25.5 Å². The van der Waals surface area contributed by atoms with Gasteiger partial charge in [0, 0.05) is 5.56 Å². The van der Waals surface area contributed by atoms with Crippen LogP contribution < -0.4 is 4.74 Å². The van der Waals surface area contributed by atoms with Gasteiger partial charge in [-0.15, -0.1) is 0 Å². The SMILES string of the molecule is COc1cccc(C)c1C1(C)CO1. The zero-order valence-corrected chi connectivity index (χ0v) is 8.26. The van der Waals surface area contributed by atoms with E-state index >= 15 is 0 Å². The molecule has 0 spiro atoms. The van der Waals surface area contributed by atoms with Gasteiger partial charge in [-0.2, -0.15) is 0 Å². The molecule has 0 aliphatic carbocycles. The van der Waals surface area contributed by atoms with Crippen molar-refractivity contribution in [2.75, 3.05) is 13.7 Å². The lowest BCUT2D eigenvalue weighted by Crippen LogP contribution is -2.07. The van der Waals surface area contributed by atoms with E-state index in [-0.39, 0.29) is 5.60 Å². The molecule has 0 radical (unpaired) electrons. The van der Waals surface area contributed by atoms with Gasteiger partial charge >= 0.3 is 0 Å². The van der Waals surface area contributed by atoms with Gasteiger partial charge in [-0.1, -0.05) is 12.1 Å². The molecule has 1 aliphatic heterocycles. The Morgan fingerprint density at radius 1 is 1.46 bits per heavy atom. The molecule has 1 atom stereocenters. The molecule has 1 fully saturated rings. The normalized spacial score (nSPS) is 25.8. The van der Waals surface area contributed by atoms with E-state index in [1.807, 2.05) is 12.1 Å². The van der Waals surface area contributed by atoms with Crippen molar-refractivity contribution in [2.24, 2.45) is 0 Å². The standard InChI is InChI=1S/C11H14O2/c1-8-5-4-6-9(12-3)10(8)11(2)7-13-11/h4-6H,7H2,1-3H3. The van der Waals surface area contributed by atoms with Crippen LogP contribution in [0.25, 0.3) is 0 Å². The Kier molecular flexibility index (Phi) is 1.81. The van der Waals surface area contributed by atoms with E-state index in [4.69, 9.17) is 9.47 Å². The number of hydrogen-bond acceptors (Lipinski definition) is 2. The summed E-state index contributed by atoms with van der Waals surface area (Å²) in [6.45, 7) is 4.98. The highest BCUT2D eigenvalue weighted by Crippen LogP contribution is 2.44. The third-order valence-electron chi connectivity index (χ3n) is 2.56. The summed E-state index contributed by atoms with van der Waals surface area (Å²) in [4.78, 5) is 0. The fraction of sp³-hybridized carbons (Fsp3) is 0.455. The van der Waals surface area contributed by atoms with Crippen LogP contribution in [0, 0.1) is 6.92 Å². The molecule has 1 aromatic rings. The van der Waals surface area contributed by atoms with E-state index in [0.717, 1.165) is 12.4 Å². The molecule has 1 aliphatic rings. The molecule has 0 aromatic heterocycles. The van der Waals surface area contributed by atoms with Crippen molar-refractivity contribution < 1.29 is 9.47 Å². The highest BCUT2D eigenvalue weighted by molar-refractivity contribution is 5.45. The minimum atomic E-state index is -0.101. The number of methoxy groups -OCH3 is 1. The number of hydrogen-bond donors (Lipinski definition) is 0. The van der Waals surface area contributed by atoms with Gasteiger partial charge in [-0.3, -0.25) is 0 Å². The average molecular weight is 178 g/mol. The van der Waals surface area contributed by atoms with Crippen molar-refractivity contribution in [3.63, 3.8) is 0 Å². The van der Waals surface area contributed by atoms with E-state index in [1.165, 1.54) is 11.1 Å². The molecule has 2 nitrogen and oxygen atoms in total. The second kappa shape index (κ2) is 2.74. The lowest BCUT2D eigenvalue weighted by atomic mass is 9.96. The van der Waals surface area contributed by atoms with Crippen molar-refractivity contribution in [1.82, 2.24) is 0 Å². The van der Waals surface area contributed by atoms with Gasteiger partial charge in [0.15, 0.2) is 0 Å². The van der Waals surface area contributed by atoms with Crippen LogP contribution in [0.1, 0.15) is 18.1 Å². The fourth-order valence-corrected chi connectivity index (χ4v) is 1.74. The number of ether oxygens (including phenoxy) is 2. The molecule has 70 valence electrons. The van der Waals surface area contributed by atoms with Crippen LogP contribution in [0.2, 0.25) is 0 Å². The molecule has 1 unspecified atom stereocenters. The van der Waals surface area contributed by atoms with E-state index in [9.17, 15) is 0 Å². The van der Waals surface area contributed by atoms with Crippen LogP contribution in [0.4, 0.5) is 0 Å². The van der Waals surface area contributed by atoms with Crippen LogP contribution in [-0.2, 0) is 10.3 Å². The molecule has 1 aromatic carbocycles. The highest BCUT2D eigenvalue weighted by Gasteiger charge is 2.44. The van der Waals surface area contributed by atoms with Crippen molar-refractivity contribution in [3.8, 4) is 5.75 Å². The summed E-state index contributed by atoms with van der Waals surface area (Å²) >= 11 is 0. The van der Waals surface area contributed by atoms with Crippen molar-refractivity contribution in [2.45, 2.75) is 19.4 Å². The monoisotopic (exact) mass is 178 g/mol. The molecule has 0 saturated carbocycles. The first kappa shape index (κ1) is 8.57. The minimum Gasteiger partial charge on any atom is -0.496 e. The summed E-state index contributed by atoms with van der Waals surface area (Å²) in [7, 11) is 1.70. The second-order valence-corrected chi connectivity index (χ2v) is 3.67. The Morgan fingerprint density at radius 2 is 2.15 bits per heavy atom. The third kappa shape index (κ3) is 1.31. The summed E-state index contributed by atoms with van der Waals surface area (Å²) in [5.41, 5.74) is 2.33. The van der Waals surface area contributed by atoms with Crippen LogP contribution in [0.5, 0.6) is 5.75 Å². The minimum absolute atomic E-state index is 0.101. The Morgan fingerprint density at radius 3 is 2.69 bits per heavy atom. The van der Waals surface area contributed by atoms with E-state index in [1.54, 1.807) is 7.11 Å². The van der Waals surface area contributed by atoms with Crippen LogP contribution >= 0.6 is 0 Å². The van der Waals surface area contributed by atoms with Gasteiger partial charge in [0.1, 0.15) is 11.4 Å². The molecule has 0 bridgehead atoms. The maximum absolute atomic E-state index is 5.43. The first-order valence-electron chi connectivity index (χ1n) is 4.45. The molecule has 2 heteroatoms. The lowest BCUT2D eigenvalue weighted by molar-refractivity contribution is 0.315. The van der Waals surface area contributed by atoms with Crippen LogP contribution in [0.3, 0.4) is 0 Å². The molecule has 0 amide bonds. The molecule has 0 N–H and O–H groups in total. The van der Waals surface area contributed by atoms with Crippen molar-refractivity contribution in [1.29, 1.82) is 0 Å². The number of rotatable bonds is 2. The molecular formula is C11H14O2.